The fraction of sp³-hybridized carbons (Fsp3) is 0.263. The van der Waals surface area contributed by atoms with Crippen molar-refractivity contribution in [1.82, 2.24) is 0 Å². The normalized spacial score (nSPS) is 16.2. The number of halogens is 1. The summed E-state index contributed by atoms with van der Waals surface area (Å²) in [7, 11) is 0. The summed E-state index contributed by atoms with van der Waals surface area (Å²) in [6.07, 6.45) is -0.592. The average molecular weight is 343 g/mol. The highest BCUT2D eigenvalue weighted by Crippen LogP contribution is 2.33. The van der Waals surface area contributed by atoms with Gasteiger partial charge < -0.3 is 14.4 Å². The predicted octanol–water partition coefficient (Wildman–Crippen LogP) is 3.07. The van der Waals surface area contributed by atoms with Crippen LogP contribution in [0.1, 0.15) is 18.9 Å². The van der Waals surface area contributed by atoms with E-state index in [2.05, 4.69) is 0 Å². The number of hydrogen-bond donors (Lipinski definition) is 0. The van der Waals surface area contributed by atoms with Gasteiger partial charge in [-0.3, -0.25) is 9.59 Å². The summed E-state index contributed by atoms with van der Waals surface area (Å²) >= 11 is 0. The molecule has 1 aliphatic heterocycles. The molecule has 1 aliphatic rings. The van der Waals surface area contributed by atoms with Crippen LogP contribution in [0.4, 0.5) is 10.1 Å². The number of esters is 1. The zero-order chi connectivity index (χ0) is 17.8. The Morgan fingerprint density at radius 1 is 1.20 bits per heavy atom. The van der Waals surface area contributed by atoms with Crippen molar-refractivity contribution < 1.29 is 23.5 Å². The van der Waals surface area contributed by atoms with E-state index in [9.17, 15) is 14.0 Å². The average Bonchev–Trinajstić information content (AvgIpc) is 2.61. The smallest absolute Gasteiger partial charge is 0.307 e. The quantitative estimate of drug-likeness (QED) is 0.783. The molecule has 1 heterocycles. The maximum atomic E-state index is 13.5. The Hall–Kier alpha value is -2.89. The van der Waals surface area contributed by atoms with Crippen LogP contribution in [0.15, 0.2) is 48.5 Å². The van der Waals surface area contributed by atoms with Crippen LogP contribution in [0.3, 0.4) is 0 Å². The van der Waals surface area contributed by atoms with Gasteiger partial charge in [0.1, 0.15) is 18.2 Å². The second kappa shape index (κ2) is 7.34. The Kier molecular flexibility index (Phi) is 4.97. The van der Waals surface area contributed by atoms with E-state index in [-0.39, 0.29) is 25.5 Å². The molecule has 6 heteroatoms. The second-order valence-corrected chi connectivity index (χ2v) is 5.72. The molecule has 1 amide bonds. The van der Waals surface area contributed by atoms with Crippen LogP contribution in [0, 0.1) is 5.82 Å². The number of ether oxygens (including phenoxy) is 2. The van der Waals surface area contributed by atoms with Crippen molar-refractivity contribution in [2.24, 2.45) is 0 Å². The highest BCUT2D eigenvalue weighted by Gasteiger charge is 2.31. The van der Waals surface area contributed by atoms with Gasteiger partial charge in [0.25, 0.3) is 5.91 Å². The van der Waals surface area contributed by atoms with E-state index in [0.29, 0.717) is 17.0 Å². The third-order valence-electron chi connectivity index (χ3n) is 3.96. The maximum absolute atomic E-state index is 13.5. The number of nitrogens with zero attached hydrogens (tertiary/aromatic N) is 1. The zero-order valence-corrected chi connectivity index (χ0v) is 13.8. The van der Waals surface area contributed by atoms with Crippen LogP contribution >= 0.6 is 0 Å². The first kappa shape index (κ1) is 17.0. The summed E-state index contributed by atoms with van der Waals surface area (Å²) < 4.78 is 24.2. The van der Waals surface area contributed by atoms with Crippen LogP contribution in [0.2, 0.25) is 0 Å². The third-order valence-corrected chi connectivity index (χ3v) is 3.96. The monoisotopic (exact) mass is 343 g/mol. The molecule has 3 rings (SSSR count). The number of benzene rings is 2. The number of anilines is 1. The number of fused-ring (bicyclic) bond motifs is 1. The van der Waals surface area contributed by atoms with E-state index < -0.39 is 17.9 Å². The van der Waals surface area contributed by atoms with Crippen molar-refractivity contribution >= 4 is 17.6 Å². The van der Waals surface area contributed by atoms with Gasteiger partial charge in [-0.1, -0.05) is 30.3 Å². The van der Waals surface area contributed by atoms with E-state index in [1.165, 1.54) is 11.0 Å². The number of rotatable bonds is 5. The van der Waals surface area contributed by atoms with E-state index in [0.717, 1.165) is 0 Å². The van der Waals surface area contributed by atoms with Gasteiger partial charge in [-0.25, -0.2) is 4.39 Å². The summed E-state index contributed by atoms with van der Waals surface area (Å²) in [5.74, 6) is -0.510. The lowest BCUT2D eigenvalue weighted by Crippen LogP contribution is -2.45. The van der Waals surface area contributed by atoms with Gasteiger partial charge in [-0.2, -0.15) is 0 Å². The number of carbonyl (C=O) groups is 2. The number of hydrogen-bond acceptors (Lipinski definition) is 4. The molecule has 130 valence electrons. The highest BCUT2D eigenvalue weighted by molar-refractivity contribution is 6.00. The first-order chi connectivity index (χ1) is 12.1. The second-order valence-electron chi connectivity index (χ2n) is 5.72. The van der Waals surface area contributed by atoms with E-state index in [1.54, 1.807) is 43.3 Å². The minimum atomic E-state index is -0.607. The van der Waals surface area contributed by atoms with Gasteiger partial charge in [0, 0.05) is 12.1 Å². The van der Waals surface area contributed by atoms with Gasteiger partial charge in [-0.15, -0.1) is 0 Å². The molecule has 0 saturated carbocycles. The highest BCUT2D eigenvalue weighted by atomic mass is 19.1. The van der Waals surface area contributed by atoms with Gasteiger partial charge in [0.05, 0.1) is 12.1 Å². The topological polar surface area (TPSA) is 55.8 Å². The number of carbonyl (C=O) groups excluding carboxylic acids is 2. The largest absolute Gasteiger partial charge is 0.479 e. The minimum absolute atomic E-state index is 0.0151. The molecule has 0 aliphatic carbocycles. The number of amides is 1. The first-order valence-electron chi connectivity index (χ1n) is 8.02. The molecule has 0 bridgehead atoms. The third kappa shape index (κ3) is 3.79. The molecule has 0 radical (unpaired) electrons. The maximum Gasteiger partial charge on any atom is 0.307 e. The van der Waals surface area contributed by atoms with Crippen LogP contribution in [-0.4, -0.2) is 24.5 Å². The lowest BCUT2D eigenvalue weighted by Gasteiger charge is -2.32. The Bertz CT molecular complexity index is 792. The standard InChI is InChI=1S/C19H18FNO4/c1-13-19(23)21(16-8-4-5-9-17(16)25-13)11-10-18(22)24-12-14-6-2-3-7-15(14)20/h2-9,13H,10-12H2,1H3/t13-/m1/s1. The van der Waals surface area contributed by atoms with Crippen molar-refractivity contribution in [1.29, 1.82) is 0 Å². The Morgan fingerprint density at radius 3 is 2.72 bits per heavy atom. The summed E-state index contributed by atoms with van der Waals surface area (Å²) in [4.78, 5) is 25.8. The van der Waals surface area contributed by atoms with Crippen LogP contribution in [-0.2, 0) is 20.9 Å². The minimum Gasteiger partial charge on any atom is -0.479 e. The summed E-state index contributed by atoms with van der Waals surface area (Å²) in [6.45, 7) is 1.72. The van der Waals surface area contributed by atoms with Crippen LogP contribution in [0.5, 0.6) is 5.75 Å². The molecular weight excluding hydrogens is 325 g/mol. The fourth-order valence-corrected chi connectivity index (χ4v) is 2.64. The van der Waals surface area contributed by atoms with Gasteiger partial charge in [0.15, 0.2) is 6.10 Å². The summed E-state index contributed by atoms with van der Waals surface area (Å²) in [6, 6.07) is 13.3. The van der Waals surface area contributed by atoms with E-state index in [4.69, 9.17) is 9.47 Å². The Morgan fingerprint density at radius 2 is 1.92 bits per heavy atom. The molecule has 0 aromatic heterocycles. The molecular formula is C19H18FNO4. The lowest BCUT2D eigenvalue weighted by molar-refractivity contribution is -0.144. The first-order valence-corrected chi connectivity index (χ1v) is 8.02. The van der Waals surface area contributed by atoms with Crippen molar-refractivity contribution in [2.45, 2.75) is 26.1 Å². The molecule has 2 aromatic rings. The van der Waals surface area contributed by atoms with Gasteiger partial charge in [-0.05, 0) is 25.1 Å². The fourth-order valence-electron chi connectivity index (χ4n) is 2.64. The molecule has 0 fully saturated rings. The molecule has 0 spiro atoms. The molecule has 0 unspecified atom stereocenters. The van der Waals surface area contributed by atoms with Crippen LogP contribution < -0.4 is 9.64 Å². The van der Waals surface area contributed by atoms with E-state index in [1.807, 2.05) is 6.07 Å². The van der Waals surface area contributed by atoms with Crippen LogP contribution in [0.25, 0.3) is 0 Å². The molecule has 2 aromatic carbocycles. The lowest BCUT2D eigenvalue weighted by atomic mass is 10.2. The van der Waals surface area contributed by atoms with Gasteiger partial charge in [0.2, 0.25) is 0 Å². The van der Waals surface area contributed by atoms with Crippen molar-refractivity contribution in [2.75, 3.05) is 11.4 Å². The SMILES string of the molecule is C[C@H]1Oc2ccccc2N(CCC(=O)OCc2ccccc2F)C1=O. The predicted molar refractivity (Wildman–Crippen MR) is 89.7 cm³/mol. The molecule has 5 nitrogen and oxygen atoms in total. The zero-order valence-electron chi connectivity index (χ0n) is 13.8. The Balaban J connectivity index is 1.60. The van der Waals surface area contributed by atoms with Gasteiger partial charge >= 0.3 is 5.97 Å². The summed E-state index contributed by atoms with van der Waals surface area (Å²) in [5, 5.41) is 0. The molecule has 0 N–H and O–H groups in total. The van der Waals surface area contributed by atoms with Crippen molar-refractivity contribution in [3.05, 3.63) is 59.9 Å². The molecule has 0 saturated heterocycles. The Labute approximate surface area is 145 Å². The molecule has 25 heavy (non-hydrogen) atoms. The van der Waals surface area contributed by atoms with Crippen molar-refractivity contribution in [3.8, 4) is 5.75 Å². The van der Waals surface area contributed by atoms with Crippen molar-refractivity contribution in [3.63, 3.8) is 0 Å². The molecule has 1 atom stereocenters. The van der Waals surface area contributed by atoms with E-state index >= 15 is 0 Å². The summed E-state index contributed by atoms with van der Waals surface area (Å²) in [5.41, 5.74) is 0.949. The number of para-hydroxylation sites is 2.